The molecule has 1 aromatic carbocycles. The zero-order valence-electron chi connectivity index (χ0n) is 10.1. The van der Waals surface area contributed by atoms with E-state index in [4.69, 9.17) is 9.47 Å². The van der Waals surface area contributed by atoms with Crippen molar-refractivity contribution in [2.45, 2.75) is 18.4 Å². The lowest BCUT2D eigenvalue weighted by Gasteiger charge is -2.22. The molecule has 0 radical (unpaired) electrons. The van der Waals surface area contributed by atoms with Crippen molar-refractivity contribution in [2.24, 2.45) is 0 Å². The van der Waals surface area contributed by atoms with Crippen LogP contribution in [0.1, 0.15) is 18.4 Å². The van der Waals surface area contributed by atoms with Crippen LogP contribution in [0.5, 0.6) is 11.5 Å². The molecule has 1 fully saturated rings. The molecule has 1 aliphatic heterocycles. The molecule has 1 aromatic rings. The largest absolute Gasteiger partial charge is 0.486 e. The predicted molar refractivity (Wildman–Crippen MR) is 66.3 cm³/mol. The maximum atomic E-state index is 11.4. The van der Waals surface area contributed by atoms with Gasteiger partial charge in [-0.25, -0.2) is 13.1 Å². The van der Waals surface area contributed by atoms with Gasteiger partial charge in [-0.3, -0.25) is 0 Å². The molecule has 1 heterocycles. The third kappa shape index (κ3) is 2.18. The molecule has 98 valence electrons. The molecular weight excluding hydrogens is 254 g/mol. The summed E-state index contributed by atoms with van der Waals surface area (Å²) in [5.41, 5.74) is 0.501. The number of fused-ring (bicyclic) bond motifs is 1. The van der Waals surface area contributed by atoms with Gasteiger partial charge in [0.2, 0.25) is 10.0 Å². The SMILES string of the molecule is CS(=O)(=O)NC1(c2ccc3c(c2)OCCO3)CC1. The second-order valence-corrected chi connectivity index (χ2v) is 6.56. The summed E-state index contributed by atoms with van der Waals surface area (Å²) in [5.74, 6) is 1.42. The van der Waals surface area contributed by atoms with Gasteiger partial charge in [-0.1, -0.05) is 6.07 Å². The standard InChI is InChI=1S/C12H15NO4S/c1-18(14,15)13-12(4-5-12)9-2-3-10-11(8-9)17-7-6-16-10/h2-3,8,13H,4-7H2,1H3. The normalized spacial score (nSPS) is 20.5. The second-order valence-electron chi connectivity index (χ2n) is 4.81. The molecule has 3 rings (SSSR count). The molecule has 5 nitrogen and oxygen atoms in total. The fourth-order valence-corrected chi connectivity index (χ4v) is 3.30. The number of ether oxygens (including phenoxy) is 2. The van der Waals surface area contributed by atoms with Gasteiger partial charge in [0.15, 0.2) is 11.5 Å². The average Bonchev–Trinajstić information content (AvgIpc) is 3.07. The van der Waals surface area contributed by atoms with E-state index >= 15 is 0 Å². The molecule has 0 aromatic heterocycles. The molecule has 6 heteroatoms. The van der Waals surface area contributed by atoms with E-state index in [1.807, 2.05) is 18.2 Å². The Morgan fingerprint density at radius 3 is 2.44 bits per heavy atom. The first-order valence-corrected chi connectivity index (χ1v) is 7.77. The summed E-state index contributed by atoms with van der Waals surface area (Å²) in [5, 5.41) is 0. The lowest BCUT2D eigenvalue weighted by Crippen LogP contribution is -2.34. The highest BCUT2D eigenvalue weighted by Crippen LogP contribution is 2.48. The predicted octanol–water partition coefficient (Wildman–Crippen LogP) is 0.996. The van der Waals surface area contributed by atoms with Gasteiger partial charge in [-0.15, -0.1) is 0 Å². The van der Waals surface area contributed by atoms with Crippen LogP contribution in [-0.2, 0) is 15.6 Å². The highest BCUT2D eigenvalue weighted by atomic mass is 32.2. The molecule has 2 aliphatic rings. The Morgan fingerprint density at radius 1 is 1.17 bits per heavy atom. The smallest absolute Gasteiger partial charge is 0.209 e. The minimum Gasteiger partial charge on any atom is -0.486 e. The van der Waals surface area contributed by atoms with Crippen molar-refractivity contribution in [2.75, 3.05) is 19.5 Å². The van der Waals surface area contributed by atoms with Crippen molar-refractivity contribution in [3.63, 3.8) is 0 Å². The van der Waals surface area contributed by atoms with E-state index in [1.54, 1.807) is 0 Å². The monoisotopic (exact) mass is 269 g/mol. The maximum absolute atomic E-state index is 11.4. The van der Waals surface area contributed by atoms with Crippen molar-refractivity contribution in [1.82, 2.24) is 4.72 Å². The number of hydrogen-bond acceptors (Lipinski definition) is 4. The van der Waals surface area contributed by atoms with Gasteiger partial charge in [-0.2, -0.15) is 0 Å². The molecule has 18 heavy (non-hydrogen) atoms. The van der Waals surface area contributed by atoms with Crippen LogP contribution in [-0.4, -0.2) is 27.9 Å². The van der Waals surface area contributed by atoms with Crippen LogP contribution in [0.3, 0.4) is 0 Å². The molecule has 1 N–H and O–H groups in total. The number of hydrogen-bond donors (Lipinski definition) is 1. The van der Waals surface area contributed by atoms with Gasteiger partial charge in [0.1, 0.15) is 13.2 Å². The zero-order valence-corrected chi connectivity index (χ0v) is 10.9. The molecule has 0 amide bonds. The van der Waals surface area contributed by atoms with Gasteiger partial charge >= 0.3 is 0 Å². The lowest BCUT2D eigenvalue weighted by atomic mass is 10.1. The van der Waals surface area contributed by atoms with E-state index in [2.05, 4.69) is 4.72 Å². The lowest BCUT2D eigenvalue weighted by molar-refractivity contribution is 0.171. The van der Waals surface area contributed by atoms with Crippen molar-refractivity contribution < 1.29 is 17.9 Å². The van der Waals surface area contributed by atoms with Crippen LogP contribution in [0.2, 0.25) is 0 Å². The number of sulfonamides is 1. The first-order chi connectivity index (χ1) is 8.49. The number of nitrogens with one attached hydrogen (secondary N) is 1. The first kappa shape index (κ1) is 11.8. The van der Waals surface area contributed by atoms with Gasteiger partial charge in [-0.05, 0) is 30.5 Å². The maximum Gasteiger partial charge on any atom is 0.209 e. The Kier molecular flexibility index (Phi) is 2.53. The van der Waals surface area contributed by atoms with E-state index in [1.165, 1.54) is 6.26 Å². The Morgan fingerprint density at radius 2 is 1.83 bits per heavy atom. The summed E-state index contributed by atoms with van der Waals surface area (Å²) in [6.07, 6.45) is 2.82. The van der Waals surface area contributed by atoms with Gasteiger partial charge in [0, 0.05) is 0 Å². The van der Waals surface area contributed by atoms with Crippen LogP contribution >= 0.6 is 0 Å². The summed E-state index contributed by atoms with van der Waals surface area (Å²) < 4.78 is 36.4. The Labute approximate surface area is 106 Å². The highest BCUT2D eigenvalue weighted by molar-refractivity contribution is 7.88. The van der Waals surface area contributed by atoms with Crippen LogP contribution < -0.4 is 14.2 Å². The molecule has 1 saturated carbocycles. The quantitative estimate of drug-likeness (QED) is 0.889. The fraction of sp³-hybridized carbons (Fsp3) is 0.500. The summed E-state index contributed by atoms with van der Waals surface area (Å²) in [4.78, 5) is 0. The molecule has 0 bridgehead atoms. The van der Waals surface area contributed by atoms with Crippen LogP contribution in [0.4, 0.5) is 0 Å². The zero-order chi connectivity index (χ0) is 12.8. The van der Waals surface area contributed by atoms with Crippen molar-refractivity contribution in [1.29, 1.82) is 0 Å². The summed E-state index contributed by atoms with van der Waals surface area (Å²) in [6.45, 7) is 1.09. The van der Waals surface area contributed by atoms with E-state index in [0.717, 1.165) is 24.2 Å². The fourth-order valence-electron chi connectivity index (χ4n) is 2.27. The molecule has 0 atom stereocenters. The van der Waals surface area contributed by atoms with Crippen LogP contribution in [0.25, 0.3) is 0 Å². The molecule has 0 unspecified atom stereocenters. The Balaban J connectivity index is 1.93. The minimum absolute atomic E-state index is 0.441. The van der Waals surface area contributed by atoms with E-state index in [0.29, 0.717) is 19.0 Å². The third-order valence-corrected chi connectivity index (χ3v) is 3.99. The minimum atomic E-state index is -3.21. The molecule has 1 aliphatic carbocycles. The van der Waals surface area contributed by atoms with Crippen molar-refractivity contribution >= 4 is 10.0 Å². The van der Waals surface area contributed by atoms with Gasteiger partial charge in [0.25, 0.3) is 0 Å². The first-order valence-electron chi connectivity index (χ1n) is 5.88. The van der Waals surface area contributed by atoms with Crippen molar-refractivity contribution in [3.05, 3.63) is 23.8 Å². The summed E-state index contributed by atoms with van der Waals surface area (Å²) in [7, 11) is -3.21. The topological polar surface area (TPSA) is 64.6 Å². The molecule has 0 saturated heterocycles. The second kappa shape index (κ2) is 3.86. The van der Waals surface area contributed by atoms with Crippen LogP contribution in [0.15, 0.2) is 18.2 Å². The van der Waals surface area contributed by atoms with E-state index in [-0.39, 0.29) is 0 Å². The number of benzene rings is 1. The van der Waals surface area contributed by atoms with Crippen LogP contribution in [0, 0.1) is 0 Å². The van der Waals surface area contributed by atoms with E-state index in [9.17, 15) is 8.42 Å². The average molecular weight is 269 g/mol. The van der Waals surface area contributed by atoms with Gasteiger partial charge < -0.3 is 9.47 Å². The van der Waals surface area contributed by atoms with E-state index < -0.39 is 15.6 Å². The summed E-state index contributed by atoms with van der Waals surface area (Å²) in [6, 6.07) is 5.62. The highest BCUT2D eigenvalue weighted by Gasteiger charge is 2.46. The third-order valence-electron chi connectivity index (χ3n) is 3.23. The summed E-state index contributed by atoms with van der Waals surface area (Å²) >= 11 is 0. The van der Waals surface area contributed by atoms with Crippen molar-refractivity contribution in [3.8, 4) is 11.5 Å². The molecule has 0 spiro atoms. The Bertz CT molecular complexity index is 578. The number of rotatable bonds is 3. The Hall–Kier alpha value is -1.27. The molecular formula is C12H15NO4S. The van der Waals surface area contributed by atoms with Gasteiger partial charge in [0.05, 0.1) is 11.8 Å².